The first-order valence-electron chi connectivity index (χ1n) is 11.7. The molecule has 0 spiro atoms. The lowest BCUT2D eigenvalue weighted by atomic mass is 10.1. The zero-order valence-corrected chi connectivity index (χ0v) is 20.3. The molecule has 2 N–H and O–H groups in total. The molecule has 5 rings (SSSR count). The molecule has 0 bridgehead atoms. The van der Waals surface area contributed by atoms with Crippen LogP contribution in [0.3, 0.4) is 0 Å². The summed E-state index contributed by atoms with van der Waals surface area (Å²) in [5, 5.41) is 9.24. The van der Waals surface area contributed by atoms with Crippen molar-refractivity contribution in [3.05, 3.63) is 108 Å². The van der Waals surface area contributed by atoms with Gasteiger partial charge in [0.2, 0.25) is 0 Å². The van der Waals surface area contributed by atoms with Gasteiger partial charge in [-0.15, -0.1) is 11.3 Å². The van der Waals surface area contributed by atoms with Crippen molar-refractivity contribution in [3.8, 4) is 16.3 Å². The first-order chi connectivity index (χ1) is 17.2. The van der Waals surface area contributed by atoms with Crippen LogP contribution in [0.25, 0.3) is 21.5 Å². The van der Waals surface area contributed by atoms with E-state index in [9.17, 15) is 4.79 Å². The SMILES string of the molecule is CCOc1ccccc1NC(=O)NCc1c(-c2cccs2)n(Cc2ccccc2)c2ccccc12. The van der Waals surface area contributed by atoms with Crippen LogP contribution in [0, 0.1) is 0 Å². The van der Waals surface area contributed by atoms with E-state index in [4.69, 9.17) is 4.74 Å². The number of para-hydroxylation sites is 3. The molecule has 35 heavy (non-hydrogen) atoms. The zero-order chi connectivity index (χ0) is 24.0. The normalized spacial score (nSPS) is 10.9. The molecule has 3 aromatic carbocycles. The molecule has 2 aromatic heterocycles. The maximum absolute atomic E-state index is 12.9. The average Bonchev–Trinajstić information content (AvgIpc) is 3.51. The smallest absolute Gasteiger partial charge is 0.319 e. The molecular formula is C29H27N3O2S. The van der Waals surface area contributed by atoms with Gasteiger partial charge < -0.3 is 19.9 Å². The van der Waals surface area contributed by atoms with Gasteiger partial charge in [-0.25, -0.2) is 4.79 Å². The van der Waals surface area contributed by atoms with E-state index in [1.54, 1.807) is 11.3 Å². The minimum atomic E-state index is -0.269. The summed E-state index contributed by atoms with van der Waals surface area (Å²) < 4.78 is 8.00. The molecule has 0 unspecified atom stereocenters. The van der Waals surface area contributed by atoms with Crippen LogP contribution in [-0.4, -0.2) is 17.2 Å². The number of aromatic nitrogens is 1. The molecule has 5 nitrogen and oxygen atoms in total. The lowest BCUT2D eigenvalue weighted by molar-refractivity contribution is 0.251. The number of urea groups is 1. The summed E-state index contributed by atoms with van der Waals surface area (Å²) in [4.78, 5) is 14.1. The number of thiophene rings is 1. The highest BCUT2D eigenvalue weighted by atomic mass is 32.1. The van der Waals surface area contributed by atoms with Gasteiger partial charge in [0.25, 0.3) is 0 Å². The molecule has 0 aliphatic heterocycles. The maximum Gasteiger partial charge on any atom is 0.319 e. The van der Waals surface area contributed by atoms with Gasteiger partial charge in [0, 0.05) is 29.6 Å². The Balaban J connectivity index is 1.48. The predicted octanol–water partition coefficient (Wildman–Crippen LogP) is 7.14. The van der Waals surface area contributed by atoms with Crippen molar-refractivity contribution in [2.45, 2.75) is 20.0 Å². The minimum absolute atomic E-state index is 0.269. The van der Waals surface area contributed by atoms with Crippen LogP contribution in [0.4, 0.5) is 10.5 Å². The van der Waals surface area contributed by atoms with Gasteiger partial charge in [0.05, 0.1) is 22.9 Å². The highest BCUT2D eigenvalue weighted by Gasteiger charge is 2.20. The molecule has 0 aliphatic rings. The van der Waals surface area contributed by atoms with Crippen molar-refractivity contribution >= 4 is 34.0 Å². The molecule has 5 aromatic rings. The number of fused-ring (bicyclic) bond motifs is 1. The third-order valence-corrected chi connectivity index (χ3v) is 6.75. The van der Waals surface area contributed by atoms with Crippen LogP contribution in [0.1, 0.15) is 18.1 Å². The van der Waals surface area contributed by atoms with E-state index in [0.29, 0.717) is 24.6 Å². The number of hydrogen-bond acceptors (Lipinski definition) is 3. The van der Waals surface area contributed by atoms with E-state index in [0.717, 1.165) is 28.7 Å². The molecule has 0 radical (unpaired) electrons. The van der Waals surface area contributed by atoms with E-state index in [2.05, 4.69) is 81.2 Å². The van der Waals surface area contributed by atoms with Crippen LogP contribution >= 0.6 is 11.3 Å². The van der Waals surface area contributed by atoms with Crippen molar-refractivity contribution < 1.29 is 9.53 Å². The van der Waals surface area contributed by atoms with E-state index in [1.165, 1.54) is 10.4 Å². The van der Waals surface area contributed by atoms with Crippen molar-refractivity contribution in [2.75, 3.05) is 11.9 Å². The summed E-state index contributed by atoms with van der Waals surface area (Å²) in [5.41, 5.74) is 5.28. The van der Waals surface area contributed by atoms with Gasteiger partial charge in [0.15, 0.2) is 0 Å². The number of rotatable bonds is 8. The van der Waals surface area contributed by atoms with Gasteiger partial charge in [0.1, 0.15) is 5.75 Å². The molecule has 0 saturated heterocycles. The van der Waals surface area contributed by atoms with E-state index in [1.807, 2.05) is 37.3 Å². The van der Waals surface area contributed by atoms with E-state index < -0.39 is 0 Å². The van der Waals surface area contributed by atoms with Crippen LogP contribution < -0.4 is 15.4 Å². The monoisotopic (exact) mass is 481 g/mol. The van der Waals surface area contributed by atoms with Gasteiger partial charge in [-0.1, -0.05) is 66.7 Å². The first kappa shape index (κ1) is 22.7. The maximum atomic E-state index is 12.9. The number of nitrogens with one attached hydrogen (secondary N) is 2. The number of ether oxygens (including phenoxy) is 1. The van der Waals surface area contributed by atoms with Crippen LogP contribution in [0.15, 0.2) is 96.4 Å². The fourth-order valence-corrected chi connectivity index (χ4v) is 5.17. The summed E-state index contributed by atoms with van der Waals surface area (Å²) in [5.74, 6) is 0.656. The van der Waals surface area contributed by atoms with Gasteiger partial charge in [-0.3, -0.25) is 0 Å². The second-order valence-electron chi connectivity index (χ2n) is 8.13. The first-order valence-corrected chi connectivity index (χ1v) is 12.6. The highest BCUT2D eigenvalue weighted by Crippen LogP contribution is 2.37. The highest BCUT2D eigenvalue weighted by molar-refractivity contribution is 7.13. The molecular weight excluding hydrogens is 454 g/mol. The summed E-state index contributed by atoms with van der Waals surface area (Å²) >= 11 is 1.71. The molecule has 0 aliphatic carbocycles. The number of carbonyl (C=O) groups excluding carboxylic acids is 1. The number of amides is 2. The molecule has 6 heteroatoms. The number of nitrogens with zero attached hydrogens (tertiary/aromatic N) is 1. The second-order valence-corrected chi connectivity index (χ2v) is 9.08. The fraction of sp³-hybridized carbons (Fsp3) is 0.138. The van der Waals surface area contributed by atoms with Crippen molar-refractivity contribution in [2.24, 2.45) is 0 Å². The molecule has 2 amide bonds. The fourth-order valence-electron chi connectivity index (χ4n) is 4.37. The summed E-state index contributed by atoms with van der Waals surface area (Å²) in [6.45, 7) is 3.61. The Hall–Kier alpha value is -4.03. The average molecular weight is 482 g/mol. The second kappa shape index (κ2) is 10.5. The molecule has 0 fully saturated rings. The lowest BCUT2D eigenvalue weighted by Crippen LogP contribution is -2.28. The predicted molar refractivity (Wildman–Crippen MR) is 144 cm³/mol. The zero-order valence-electron chi connectivity index (χ0n) is 19.5. The standard InChI is InChI=1S/C29H27N3O2S/c1-2-34-26-16-9-7-14-24(26)31-29(33)30-19-23-22-13-6-8-15-25(22)32(20-21-11-4-3-5-12-21)28(23)27-17-10-18-35-27/h3-18H,2,19-20H2,1H3,(H2,30,31,33). The molecule has 176 valence electrons. The van der Waals surface area contributed by atoms with E-state index >= 15 is 0 Å². The Morgan fingerprint density at radius 3 is 2.49 bits per heavy atom. The number of anilines is 1. The van der Waals surface area contributed by atoms with Gasteiger partial charge >= 0.3 is 6.03 Å². The number of benzene rings is 3. The summed E-state index contributed by atoms with van der Waals surface area (Å²) in [6.07, 6.45) is 0. The number of hydrogen-bond donors (Lipinski definition) is 2. The third kappa shape index (κ3) is 4.93. The quantitative estimate of drug-likeness (QED) is 0.247. The topological polar surface area (TPSA) is 55.3 Å². The minimum Gasteiger partial charge on any atom is -0.492 e. The Kier molecular flexibility index (Phi) is 6.82. The Morgan fingerprint density at radius 1 is 0.914 bits per heavy atom. The van der Waals surface area contributed by atoms with Gasteiger partial charge in [-0.2, -0.15) is 0 Å². The van der Waals surface area contributed by atoms with Crippen LogP contribution in [0.5, 0.6) is 5.75 Å². The Morgan fingerprint density at radius 2 is 1.69 bits per heavy atom. The molecule has 0 atom stereocenters. The Labute approximate surface area is 209 Å². The van der Waals surface area contributed by atoms with Crippen LogP contribution in [-0.2, 0) is 13.1 Å². The summed E-state index contributed by atoms with van der Waals surface area (Å²) in [7, 11) is 0. The lowest BCUT2D eigenvalue weighted by Gasteiger charge is -2.14. The van der Waals surface area contributed by atoms with Crippen LogP contribution in [0.2, 0.25) is 0 Å². The number of carbonyl (C=O) groups is 1. The molecule has 2 heterocycles. The summed E-state index contributed by atoms with van der Waals surface area (Å²) in [6, 6.07) is 30.3. The third-order valence-electron chi connectivity index (χ3n) is 5.87. The van der Waals surface area contributed by atoms with E-state index in [-0.39, 0.29) is 6.03 Å². The van der Waals surface area contributed by atoms with Gasteiger partial charge in [-0.05, 0) is 42.1 Å². The largest absolute Gasteiger partial charge is 0.492 e. The van der Waals surface area contributed by atoms with Crippen molar-refractivity contribution in [1.29, 1.82) is 0 Å². The molecule has 0 saturated carbocycles. The Bertz CT molecular complexity index is 1430. The van der Waals surface area contributed by atoms with Crippen molar-refractivity contribution in [3.63, 3.8) is 0 Å². The van der Waals surface area contributed by atoms with Crippen molar-refractivity contribution in [1.82, 2.24) is 9.88 Å².